The van der Waals surface area contributed by atoms with Gasteiger partial charge in [0.25, 0.3) is 0 Å². The van der Waals surface area contributed by atoms with E-state index in [1.54, 1.807) is 4.90 Å². The van der Waals surface area contributed by atoms with Gasteiger partial charge in [-0.2, -0.15) is 0 Å². The van der Waals surface area contributed by atoms with Crippen molar-refractivity contribution in [2.75, 3.05) is 25.4 Å². The molecule has 120 valence electrons. The largest absolute Gasteiger partial charge is 0.444 e. The maximum atomic E-state index is 12.0. The highest BCUT2D eigenvalue weighted by Gasteiger charge is 2.76. The minimum absolute atomic E-state index is 0.0750. The SMILES string of the molecule is CC(C)(C)OC(=O)N1CC2(C1)OCC1CC12CS(=O)(=O)Cl. The Morgan fingerprint density at radius 2 is 2.05 bits per heavy atom. The molecule has 1 saturated carbocycles. The maximum Gasteiger partial charge on any atom is 0.410 e. The van der Waals surface area contributed by atoms with Gasteiger partial charge in [-0.05, 0) is 33.1 Å². The molecule has 0 bridgehead atoms. The van der Waals surface area contributed by atoms with E-state index in [0.29, 0.717) is 19.7 Å². The van der Waals surface area contributed by atoms with E-state index in [-0.39, 0.29) is 17.8 Å². The zero-order chi connectivity index (χ0) is 15.7. The summed E-state index contributed by atoms with van der Waals surface area (Å²) in [7, 11) is 1.85. The Labute approximate surface area is 129 Å². The van der Waals surface area contributed by atoms with Crippen LogP contribution in [0.1, 0.15) is 27.2 Å². The van der Waals surface area contributed by atoms with E-state index in [1.165, 1.54) is 0 Å². The summed E-state index contributed by atoms with van der Waals surface area (Å²) >= 11 is 0. The van der Waals surface area contributed by atoms with Gasteiger partial charge in [-0.25, -0.2) is 13.2 Å². The number of carbonyl (C=O) groups excluding carboxylic acids is 1. The van der Waals surface area contributed by atoms with Gasteiger partial charge in [-0.1, -0.05) is 0 Å². The molecule has 0 aromatic rings. The third kappa shape index (κ3) is 2.53. The standard InChI is InChI=1S/C13H20ClNO5S/c1-11(2,3)20-10(16)15-6-13(7-15)12(8-21(14,17)18)4-9(12)5-19-13/h9H,4-8H2,1-3H3. The van der Waals surface area contributed by atoms with E-state index in [1.807, 2.05) is 20.8 Å². The van der Waals surface area contributed by atoms with Crippen molar-refractivity contribution in [3.63, 3.8) is 0 Å². The fourth-order valence-corrected chi connectivity index (χ4v) is 5.43. The molecule has 1 aliphatic carbocycles. The van der Waals surface area contributed by atoms with Gasteiger partial charge in [0.1, 0.15) is 11.2 Å². The summed E-state index contributed by atoms with van der Waals surface area (Å²) in [5.74, 6) is 0.167. The summed E-state index contributed by atoms with van der Waals surface area (Å²) < 4.78 is 34.0. The maximum absolute atomic E-state index is 12.0. The van der Waals surface area contributed by atoms with Gasteiger partial charge in [0.15, 0.2) is 0 Å². The number of halogens is 1. The van der Waals surface area contributed by atoms with Crippen molar-refractivity contribution in [2.24, 2.45) is 11.3 Å². The van der Waals surface area contributed by atoms with Crippen LogP contribution < -0.4 is 0 Å². The smallest absolute Gasteiger partial charge is 0.410 e. The van der Waals surface area contributed by atoms with Crippen molar-refractivity contribution < 1.29 is 22.7 Å². The van der Waals surface area contributed by atoms with E-state index in [0.717, 1.165) is 6.42 Å². The minimum Gasteiger partial charge on any atom is -0.444 e. The lowest BCUT2D eigenvalue weighted by atomic mass is 9.79. The number of nitrogens with zero attached hydrogens (tertiary/aromatic N) is 1. The number of ether oxygens (including phenoxy) is 2. The molecule has 0 aromatic heterocycles. The molecule has 2 heterocycles. The van der Waals surface area contributed by atoms with E-state index >= 15 is 0 Å². The van der Waals surface area contributed by atoms with Gasteiger partial charge in [-0.15, -0.1) is 0 Å². The normalized spacial score (nSPS) is 33.5. The number of hydrogen-bond acceptors (Lipinski definition) is 5. The van der Waals surface area contributed by atoms with E-state index in [9.17, 15) is 13.2 Å². The average molecular weight is 338 g/mol. The molecule has 2 unspecified atom stereocenters. The first-order valence-corrected chi connectivity index (χ1v) is 9.49. The second-order valence-corrected chi connectivity index (χ2v) is 10.2. The van der Waals surface area contributed by atoms with Gasteiger partial charge in [0.2, 0.25) is 9.05 Å². The molecule has 2 aliphatic heterocycles. The number of amides is 1. The first-order valence-electron chi connectivity index (χ1n) is 7.01. The molecule has 3 aliphatic rings. The fourth-order valence-electron chi connectivity index (χ4n) is 3.61. The predicted molar refractivity (Wildman–Crippen MR) is 76.7 cm³/mol. The molecule has 2 saturated heterocycles. The molecule has 1 amide bonds. The highest BCUT2D eigenvalue weighted by atomic mass is 35.7. The number of rotatable bonds is 2. The molecule has 2 atom stereocenters. The third-order valence-corrected chi connectivity index (χ3v) is 5.86. The molecule has 3 rings (SSSR count). The molecule has 1 spiro atoms. The van der Waals surface area contributed by atoms with E-state index in [4.69, 9.17) is 20.2 Å². The average Bonchev–Trinajstić information content (AvgIpc) is 2.77. The molecular weight excluding hydrogens is 318 g/mol. The molecule has 3 fully saturated rings. The third-order valence-electron chi connectivity index (χ3n) is 4.67. The molecule has 6 nitrogen and oxygen atoms in total. The van der Waals surface area contributed by atoms with Crippen LogP contribution in [0.4, 0.5) is 4.79 Å². The van der Waals surface area contributed by atoms with Crippen LogP contribution in [0, 0.1) is 11.3 Å². The minimum atomic E-state index is -3.58. The van der Waals surface area contributed by atoms with Crippen LogP contribution in [-0.2, 0) is 18.5 Å². The first kappa shape index (κ1) is 15.4. The summed E-state index contributed by atoms with van der Waals surface area (Å²) in [5.41, 5.74) is -1.52. The van der Waals surface area contributed by atoms with Gasteiger partial charge in [0, 0.05) is 16.1 Å². The summed E-state index contributed by atoms with van der Waals surface area (Å²) in [6, 6.07) is 0. The molecule has 8 heteroatoms. The van der Waals surface area contributed by atoms with Crippen LogP contribution in [0.15, 0.2) is 0 Å². The van der Waals surface area contributed by atoms with E-state index in [2.05, 4.69) is 0 Å². The quantitative estimate of drug-likeness (QED) is 0.715. The van der Waals surface area contributed by atoms with Crippen LogP contribution in [0.2, 0.25) is 0 Å². The Morgan fingerprint density at radius 3 is 2.52 bits per heavy atom. The van der Waals surface area contributed by atoms with Crippen LogP contribution in [0.25, 0.3) is 0 Å². The zero-order valence-electron chi connectivity index (χ0n) is 12.4. The van der Waals surface area contributed by atoms with Crippen LogP contribution >= 0.6 is 10.7 Å². The lowest BCUT2D eigenvalue weighted by Crippen LogP contribution is -2.69. The van der Waals surface area contributed by atoms with Crippen LogP contribution in [-0.4, -0.2) is 56.1 Å². The fraction of sp³-hybridized carbons (Fsp3) is 0.923. The topological polar surface area (TPSA) is 72.9 Å². The van der Waals surface area contributed by atoms with Gasteiger partial charge < -0.3 is 14.4 Å². The molecule has 21 heavy (non-hydrogen) atoms. The second kappa shape index (κ2) is 4.26. The van der Waals surface area contributed by atoms with Gasteiger partial charge >= 0.3 is 6.09 Å². The number of hydrogen-bond donors (Lipinski definition) is 0. The molecule has 0 radical (unpaired) electrons. The Balaban J connectivity index is 1.68. The monoisotopic (exact) mass is 337 g/mol. The Kier molecular flexibility index (Phi) is 3.12. The van der Waals surface area contributed by atoms with Gasteiger partial charge in [0.05, 0.1) is 25.4 Å². The van der Waals surface area contributed by atoms with Crippen molar-refractivity contribution in [1.82, 2.24) is 4.90 Å². The van der Waals surface area contributed by atoms with Crippen molar-refractivity contribution in [3.05, 3.63) is 0 Å². The highest BCUT2D eigenvalue weighted by molar-refractivity contribution is 8.13. The number of carbonyl (C=O) groups is 1. The predicted octanol–water partition coefficient (Wildman–Crippen LogP) is 1.58. The van der Waals surface area contributed by atoms with Crippen LogP contribution in [0.5, 0.6) is 0 Å². The Morgan fingerprint density at radius 1 is 1.43 bits per heavy atom. The zero-order valence-corrected chi connectivity index (χ0v) is 14.0. The Hall–Kier alpha value is -0.530. The van der Waals surface area contributed by atoms with E-state index < -0.39 is 25.7 Å². The van der Waals surface area contributed by atoms with Crippen molar-refractivity contribution in [3.8, 4) is 0 Å². The molecular formula is C13H20ClNO5S. The van der Waals surface area contributed by atoms with Crippen molar-refractivity contribution in [1.29, 1.82) is 0 Å². The molecule has 0 N–H and O–H groups in total. The Bertz CT molecular complexity index is 578. The number of fused-ring (bicyclic) bond motifs is 2. The highest BCUT2D eigenvalue weighted by Crippen LogP contribution is 2.68. The lowest BCUT2D eigenvalue weighted by molar-refractivity contribution is -0.145. The number of likely N-dealkylation sites (tertiary alicyclic amines) is 1. The van der Waals surface area contributed by atoms with Crippen molar-refractivity contribution in [2.45, 2.75) is 38.4 Å². The van der Waals surface area contributed by atoms with Crippen molar-refractivity contribution >= 4 is 25.8 Å². The lowest BCUT2D eigenvalue weighted by Gasteiger charge is -2.51. The second-order valence-electron chi connectivity index (χ2n) is 7.38. The summed E-state index contributed by atoms with van der Waals surface area (Å²) in [6.45, 7) is 6.74. The first-order chi connectivity index (χ1) is 9.47. The summed E-state index contributed by atoms with van der Waals surface area (Å²) in [5, 5.41) is 0. The van der Waals surface area contributed by atoms with Crippen LogP contribution in [0.3, 0.4) is 0 Å². The summed E-state index contributed by atoms with van der Waals surface area (Å²) in [6.07, 6.45) is 0.422. The van der Waals surface area contributed by atoms with Gasteiger partial charge in [-0.3, -0.25) is 0 Å². The summed E-state index contributed by atoms with van der Waals surface area (Å²) in [4.78, 5) is 13.6. The molecule has 0 aromatic carbocycles.